The van der Waals surface area contributed by atoms with Gasteiger partial charge in [0.05, 0.1) is 54.7 Å². The highest BCUT2D eigenvalue weighted by atomic mass is 32.2. The lowest BCUT2D eigenvalue weighted by Crippen LogP contribution is -2.36. The molecule has 174 valence electrons. The predicted molar refractivity (Wildman–Crippen MR) is 132 cm³/mol. The number of thioether (sulfide) groups is 1. The third-order valence-corrected chi connectivity index (χ3v) is 6.52. The number of amides is 1. The van der Waals surface area contributed by atoms with Crippen LogP contribution in [0.4, 0.5) is 11.4 Å². The molecule has 1 saturated heterocycles. The van der Waals surface area contributed by atoms with Gasteiger partial charge in [0.25, 0.3) is 0 Å². The van der Waals surface area contributed by atoms with E-state index in [1.165, 1.54) is 18.1 Å². The van der Waals surface area contributed by atoms with Crippen molar-refractivity contribution < 1.29 is 14.3 Å². The SMILES string of the molecule is COc1ccc(-n2ncc3c(SCC(=O)Nc4ccccc4N4CCOCC4)ncnc32)cc1. The zero-order valence-electron chi connectivity index (χ0n) is 18.7. The van der Waals surface area contributed by atoms with Gasteiger partial charge in [-0.2, -0.15) is 5.10 Å². The summed E-state index contributed by atoms with van der Waals surface area (Å²) in [6, 6.07) is 15.4. The number of carbonyl (C=O) groups excluding carboxylic acids is 1. The van der Waals surface area contributed by atoms with Gasteiger partial charge in [-0.1, -0.05) is 23.9 Å². The van der Waals surface area contributed by atoms with Gasteiger partial charge >= 0.3 is 0 Å². The molecule has 34 heavy (non-hydrogen) atoms. The number of carbonyl (C=O) groups is 1. The van der Waals surface area contributed by atoms with E-state index in [1.54, 1.807) is 18.0 Å². The second-order valence-electron chi connectivity index (χ2n) is 7.62. The van der Waals surface area contributed by atoms with Crippen LogP contribution >= 0.6 is 11.8 Å². The maximum atomic E-state index is 12.8. The third kappa shape index (κ3) is 4.68. The molecule has 10 heteroatoms. The molecule has 0 bridgehead atoms. The van der Waals surface area contributed by atoms with E-state index in [1.807, 2.05) is 48.5 Å². The van der Waals surface area contributed by atoms with Gasteiger partial charge in [-0.25, -0.2) is 14.6 Å². The minimum absolute atomic E-state index is 0.0972. The third-order valence-electron chi connectivity index (χ3n) is 5.52. The van der Waals surface area contributed by atoms with Gasteiger partial charge in [0, 0.05) is 13.1 Å². The standard InChI is InChI=1S/C24H24N6O3S/c1-32-18-8-6-17(7-9-18)30-23-19(14-27-30)24(26-16-25-23)34-15-22(31)28-20-4-2-3-5-21(20)29-10-12-33-13-11-29/h2-9,14,16H,10-13,15H2,1H3,(H,28,31). The average molecular weight is 477 g/mol. The number of ether oxygens (including phenoxy) is 2. The summed E-state index contributed by atoms with van der Waals surface area (Å²) in [5.74, 6) is 0.893. The van der Waals surface area contributed by atoms with Crippen molar-refractivity contribution >= 4 is 40.1 Å². The quantitative estimate of drug-likeness (QED) is 0.320. The molecule has 5 rings (SSSR count). The van der Waals surface area contributed by atoms with E-state index in [0.717, 1.165) is 41.3 Å². The lowest BCUT2D eigenvalue weighted by Gasteiger charge is -2.30. The number of nitrogens with zero attached hydrogens (tertiary/aromatic N) is 5. The van der Waals surface area contributed by atoms with Crippen LogP contribution < -0.4 is 15.0 Å². The van der Waals surface area contributed by atoms with Crippen LogP contribution in [0.1, 0.15) is 0 Å². The average Bonchev–Trinajstić information content (AvgIpc) is 3.33. The van der Waals surface area contributed by atoms with Gasteiger partial charge in [-0.05, 0) is 36.4 Å². The first-order valence-corrected chi connectivity index (χ1v) is 11.9. The molecule has 1 amide bonds. The number of morpholine rings is 1. The topological polar surface area (TPSA) is 94.4 Å². The van der Waals surface area contributed by atoms with E-state index in [0.29, 0.717) is 23.9 Å². The first-order valence-electron chi connectivity index (χ1n) is 10.9. The zero-order chi connectivity index (χ0) is 23.3. The van der Waals surface area contributed by atoms with Crippen LogP contribution in [-0.4, -0.2) is 64.8 Å². The van der Waals surface area contributed by atoms with Crippen molar-refractivity contribution in [3.8, 4) is 11.4 Å². The normalized spacial score (nSPS) is 13.7. The fraction of sp³-hybridized carbons (Fsp3) is 0.250. The van der Waals surface area contributed by atoms with Crippen LogP contribution in [0, 0.1) is 0 Å². The monoisotopic (exact) mass is 476 g/mol. The zero-order valence-corrected chi connectivity index (χ0v) is 19.5. The van der Waals surface area contributed by atoms with E-state index < -0.39 is 0 Å². The molecule has 1 aliphatic rings. The highest BCUT2D eigenvalue weighted by Crippen LogP contribution is 2.29. The van der Waals surface area contributed by atoms with E-state index >= 15 is 0 Å². The van der Waals surface area contributed by atoms with Gasteiger partial charge in [0.15, 0.2) is 5.65 Å². The number of hydrogen-bond acceptors (Lipinski definition) is 8. The molecule has 1 N–H and O–H groups in total. The van der Waals surface area contributed by atoms with E-state index in [2.05, 4.69) is 25.3 Å². The van der Waals surface area contributed by atoms with Gasteiger partial charge in [-0.15, -0.1) is 0 Å². The van der Waals surface area contributed by atoms with Crippen molar-refractivity contribution in [1.29, 1.82) is 0 Å². The number of hydrogen-bond donors (Lipinski definition) is 1. The Bertz CT molecular complexity index is 1290. The molecule has 1 fully saturated rings. The molecular formula is C24H24N6O3S. The number of anilines is 2. The lowest BCUT2D eigenvalue weighted by atomic mass is 10.2. The molecule has 3 heterocycles. The lowest BCUT2D eigenvalue weighted by molar-refractivity contribution is -0.113. The van der Waals surface area contributed by atoms with Crippen LogP contribution in [0.2, 0.25) is 0 Å². The molecule has 0 radical (unpaired) electrons. The summed E-state index contributed by atoms with van der Waals surface area (Å²) in [6.07, 6.45) is 3.23. The number of methoxy groups -OCH3 is 1. The number of rotatable bonds is 7. The van der Waals surface area contributed by atoms with Crippen LogP contribution in [0.15, 0.2) is 66.1 Å². The molecule has 4 aromatic rings. The molecule has 1 aliphatic heterocycles. The summed E-state index contributed by atoms with van der Waals surface area (Å²) in [5.41, 5.74) is 3.35. The Labute approximate surface area is 201 Å². The van der Waals surface area contributed by atoms with Crippen molar-refractivity contribution in [3.05, 3.63) is 61.1 Å². The molecule has 9 nitrogen and oxygen atoms in total. The molecule has 2 aromatic heterocycles. The van der Waals surface area contributed by atoms with Crippen molar-refractivity contribution in [3.63, 3.8) is 0 Å². The minimum atomic E-state index is -0.0972. The second kappa shape index (κ2) is 10.1. The highest BCUT2D eigenvalue weighted by molar-refractivity contribution is 8.00. The summed E-state index contributed by atoms with van der Waals surface area (Å²) < 4.78 is 12.4. The molecule has 0 saturated carbocycles. The number of fused-ring (bicyclic) bond motifs is 1. The molecule has 0 atom stereocenters. The first kappa shape index (κ1) is 22.2. The Hall–Kier alpha value is -3.63. The van der Waals surface area contributed by atoms with Crippen molar-refractivity contribution in [2.45, 2.75) is 5.03 Å². The highest BCUT2D eigenvalue weighted by Gasteiger charge is 2.17. The largest absolute Gasteiger partial charge is 0.497 e. The Morgan fingerprint density at radius 2 is 1.91 bits per heavy atom. The van der Waals surface area contributed by atoms with Crippen LogP contribution in [-0.2, 0) is 9.53 Å². The second-order valence-corrected chi connectivity index (χ2v) is 8.59. The van der Waals surface area contributed by atoms with Crippen molar-refractivity contribution in [1.82, 2.24) is 19.7 Å². The van der Waals surface area contributed by atoms with Crippen LogP contribution in [0.5, 0.6) is 5.75 Å². The number of nitrogens with one attached hydrogen (secondary N) is 1. The minimum Gasteiger partial charge on any atom is -0.497 e. The smallest absolute Gasteiger partial charge is 0.234 e. The van der Waals surface area contributed by atoms with Crippen molar-refractivity contribution in [2.75, 3.05) is 49.4 Å². The van der Waals surface area contributed by atoms with Crippen molar-refractivity contribution in [2.24, 2.45) is 0 Å². The molecule has 0 unspecified atom stereocenters. The van der Waals surface area contributed by atoms with E-state index in [-0.39, 0.29) is 11.7 Å². The van der Waals surface area contributed by atoms with Gasteiger partial charge in [0.1, 0.15) is 17.1 Å². The Morgan fingerprint density at radius 1 is 1.12 bits per heavy atom. The van der Waals surface area contributed by atoms with Crippen LogP contribution in [0.3, 0.4) is 0 Å². The molecular weight excluding hydrogens is 452 g/mol. The van der Waals surface area contributed by atoms with E-state index in [4.69, 9.17) is 9.47 Å². The number of aromatic nitrogens is 4. The number of para-hydroxylation sites is 2. The maximum Gasteiger partial charge on any atom is 0.234 e. The Balaban J connectivity index is 1.29. The predicted octanol–water partition coefficient (Wildman–Crippen LogP) is 3.39. The summed E-state index contributed by atoms with van der Waals surface area (Å²) in [7, 11) is 1.63. The Kier molecular flexibility index (Phi) is 6.59. The first-order chi connectivity index (χ1) is 16.7. The summed E-state index contributed by atoms with van der Waals surface area (Å²) in [6.45, 7) is 2.98. The van der Waals surface area contributed by atoms with Crippen LogP contribution in [0.25, 0.3) is 16.7 Å². The molecule has 0 spiro atoms. The van der Waals surface area contributed by atoms with Gasteiger partial charge in [-0.3, -0.25) is 4.79 Å². The summed E-state index contributed by atoms with van der Waals surface area (Å²) >= 11 is 1.36. The summed E-state index contributed by atoms with van der Waals surface area (Å²) in [4.78, 5) is 23.8. The van der Waals surface area contributed by atoms with E-state index in [9.17, 15) is 4.79 Å². The number of benzene rings is 2. The summed E-state index contributed by atoms with van der Waals surface area (Å²) in [5, 5.41) is 9.04. The molecule has 0 aliphatic carbocycles. The molecule has 2 aromatic carbocycles. The van der Waals surface area contributed by atoms with Gasteiger partial charge in [0.2, 0.25) is 5.91 Å². The maximum absolute atomic E-state index is 12.8. The Morgan fingerprint density at radius 3 is 2.71 bits per heavy atom. The van der Waals surface area contributed by atoms with Gasteiger partial charge < -0.3 is 19.7 Å². The fourth-order valence-electron chi connectivity index (χ4n) is 3.83. The fourth-order valence-corrected chi connectivity index (χ4v) is 4.59.